The SMILES string of the molecule is CC(F)CN1C[C@@H]2CN(c3ccc(B(O)O)cc3)C[C@@H]2C1. The molecular formula is C15H22BFN2O2. The lowest BCUT2D eigenvalue weighted by Crippen LogP contribution is -2.32. The standard InChI is InChI=1S/C15H22BFN2O2/c1-11(17)6-18-7-12-9-19(10-13(12)8-18)15-4-2-14(3-5-15)16(20)21/h2-5,11-13,20-21H,6-10H2,1H3/t11?,12-,13+. The topological polar surface area (TPSA) is 46.9 Å². The van der Waals surface area contributed by atoms with Gasteiger partial charge >= 0.3 is 7.12 Å². The van der Waals surface area contributed by atoms with Gasteiger partial charge in [0.25, 0.3) is 0 Å². The lowest BCUT2D eigenvalue weighted by atomic mass is 9.80. The van der Waals surface area contributed by atoms with Gasteiger partial charge in [-0.15, -0.1) is 0 Å². The second kappa shape index (κ2) is 5.95. The van der Waals surface area contributed by atoms with Gasteiger partial charge in [0.1, 0.15) is 6.17 Å². The summed E-state index contributed by atoms with van der Waals surface area (Å²) in [6.07, 6.45) is -0.752. The summed E-state index contributed by atoms with van der Waals surface area (Å²) in [6, 6.07) is 7.39. The van der Waals surface area contributed by atoms with Crippen molar-refractivity contribution < 1.29 is 14.4 Å². The maximum absolute atomic E-state index is 13.1. The molecule has 2 fully saturated rings. The molecule has 2 saturated heterocycles. The molecule has 1 unspecified atom stereocenters. The van der Waals surface area contributed by atoms with Crippen LogP contribution in [-0.2, 0) is 0 Å². The lowest BCUT2D eigenvalue weighted by Gasteiger charge is -2.23. The van der Waals surface area contributed by atoms with Crippen LogP contribution in [-0.4, -0.2) is 61.0 Å². The third-order valence-corrected chi connectivity index (χ3v) is 4.63. The average molecular weight is 292 g/mol. The molecule has 0 aliphatic carbocycles. The summed E-state index contributed by atoms with van der Waals surface area (Å²) in [5.41, 5.74) is 1.64. The zero-order chi connectivity index (χ0) is 15.0. The molecule has 114 valence electrons. The molecule has 0 spiro atoms. The molecule has 0 radical (unpaired) electrons. The first-order chi connectivity index (χ1) is 10.0. The van der Waals surface area contributed by atoms with Gasteiger partial charge in [0.2, 0.25) is 0 Å². The summed E-state index contributed by atoms with van der Waals surface area (Å²) >= 11 is 0. The fraction of sp³-hybridized carbons (Fsp3) is 0.600. The molecule has 1 aromatic carbocycles. The Balaban J connectivity index is 1.59. The van der Waals surface area contributed by atoms with Crippen LogP contribution in [0, 0.1) is 11.8 Å². The zero-order valence-electron chi connectivity index (χ0n) is 12.3. The van der Waals surface area contributed by atoms with Crippen molar-refractivity contribution in [2.45, 2.75) is 13.1 Å². The minimum Gasteiger partial charge on any atom is -0.423 e. The summed E-state index contributed by atoms with van der Waals surface area (Å²) in [7, 11) is -1.41. The van der Waals surface area contributed by atoms with Crippen molar-refractivity contribution in [3.63, 3.8) is 0 Å². The number of alkyl halides is 1. The number of anilines is 1. The van der Waals surface area contributed by atoms with Crippen LogP contribution in [0.3, 0.4) is 0 Å². The Morgan fingerprint density at radius 1 is 1.14 bits per heavy atom. The summed E-state index contributed by atoms with van der Waals surface area (Å²) in [5, 5.41) is 18.2. The predicted octanol–water partition coefficient (Wildman–Crippen LogP) is 0.0924. The van der Waals surface area contributed by atoms with E-state index in [1.807, 2.05) is 12.1 Å². The van der Waals surface area contributed by atoms with Gasteiger partial charge in [0.15, 0.2) is 0 Å². The summed E-state index contributed by atoms with van der Waals surface area (Å²) in [4.78, 5) is 4.58. The van der Waals surface area contributed by atoms with Crippen LogP contribution in [0.2, 0.25) is 0 Å². The third-order valence-electron chi connectivity index (χ3n) is 4.63. The van der Waals surface area contributed by atoms with Crippen LogP contribution in [0.4, 0.5) is 10.1 Å². The highest BCUT2D eigenvalue weighted by Crippen LogP contribution is 2.33. The van der Waals surface area contributed by atoms with Crippen LogP contribution in [0.25, 0.3) is 0 Å². The van der Waals surface area contributed by atoms with Gasteiger partial charge in [-0.25, -0.2) is 4.39 Å². The predicted molar refractivity (Wildman–Crippen MR) is 82.5 cm³/mol. The Hall–Kier alpha value is -1.11. The number of halogens is 1. The van der Waals surface area contributed by atoms with Crippen molar-refractivity contribution in [3.05, 3.63) is 24.3 Å². The smallest absolute Gasteiger partial charge is 0.423 e. The van der Waals surface area contributed by atoms with Crippen molar-refractivity contribution >= 4 is 18.3 Å². The number of benzene rings is 1. The van der Waals surface area contributed by atoms with Crippen LogP contribution in [0.5, 0.6) is 0 Å². The number of hydrogen-bond acceptors (Lipinski definition) is 4. The average Bonchev–Trinajstić information content (AvgIpc) is 2.96. The van der Waals surface area contributed by atoms with Crippen molar-refractivity contribution in [1.82, 2.24) is 4.90 Å². The minimum absolute atomic E-state index is 0.515. The van der Waals surface area contributed by atoms with Gasteiger partial charge in [-0.1, -0.05) is 12.1 Å². The van der Waals surface area contributed by atoms with E-state index < -0.39 is 13.3 Å². The molecule has 0 aromatic heterocycles. The Kier molecular flexibility index (Phi) is 4.20. The molecule has 2 N–H and O–H groups in total. The molecule has 3 rings (SSSR count). The van der Waals surface area contributed by atoms with E-state index in [1.54, 1.807) is 19.1 Å². The molecular weight excluding hydrogens is 270 g/mol. The van der Waals surface area contributed by atoms with Crippen LogP contribution in [0.1, 0.15) is 6.92 Å². The molecule has 2 heterocycles. The highest BCUT2D eigenvalue weighted by Gasteiger charge is 2.40. The molecule has 3 atom stereocenters. The van der Waals surface area contributed by atoms with Gasteiger partial charge in [-0.3, -0.25) is 4.90 Å². The fourth-order valence-corrected chi connectivity index (χ4v) is 3.66. The van der Waals surface area contributed by atoms with E-state index in [-0.39, 0.29) is 0 Å². The largest absolute Gasteiger partial charge is 0.488 e. The van der Waals surface area contributed by atoms with E-state index in [2.05, 4.69) is 9.80 Å². The molecule has 2 aliphatic rings. The van der Waals surface area contributed by atoms with Gasteiger partial charge in [-0.05, 0) is 36.4 Å². The van der Waals surface area contributed by atoms with Gasteiger partial charge in [0, 0.05) is 38.4 Å². The summed E-state index contributed by atoms with van der Waals surface area (Å²) in [5.74, 6) is 1.23. The van der Waals surface area contributed by atoms with E-state index in [0.717, 1.165) is 31.9 Å². The molecule has 0 amide bonds. The van der Waals surface area contributed by atoms with E-state index in [4.69, 9.17) is 10.0 Å². The first-order valence-electron chi connectivity index (χ1n) is 7.60. The second-order valence-corrected chi connectivity index (χ2v) is 6.39. The molecule has 1 aromatic rings. The van der Waals surface area contributed by atoms with Crippen molar-refractivity contribution in [2.24, 2.45) is 11.8 Å². The Labute approximate surface area is 125 Å². The summed E-state index contributed by atoms with van der Waals surface area (Å²) < 4.78 is 13.1. The van der Waals surface area contributed by atoms with Gasteiger partial charge < -0.3 is 14.9 Å². The molecule has 2 aliphatic heterocycles. The number of nitrogens with zero attached hydrogens (tertiary/aromatic N) is 2. The van der Waals surface area contributed by atoms with E-state index >= 15 is 0 Å². The quantitative estimate of drug-likeness (QED) is 0.772. The Morgan fingerprint density at radius 2 is 1.71 bits per heavy atom. The molecule has 21 heavy (non-hydrogen) atoms. The highest BCUT2D eigenvalue weighted by atomic mass is 19.1. The van der Waals surface area contributed by atoms with Crippen molar-refractivity contribution in [1.29, 1.82) is 0 Å². The molecule has 0 bridgehead atoms. The molecule has 0 saturated carbocycles. The fourth-order valence-electron chi connectivity index (χ4n) is 3.66. The van der Waals surface area contributed by atoms with Crippen LogP contribution < -0.4 is 10.4 Å². The van der Waals surface area contributed by atoms with Crippen molar-refractivity contribution in [2.75, 3.05) is 37.6 Å². The monoisotopic (exact) mass is 292 g/mol. The lowest BCUT2D eigenvalue weighted by molar-refractivity contribution is 0.225. The Morgan fingerprint density at radius 3 is 2.19 bits per heavy atom. The first-order valence-corrected chi connectivity index (χ1v) is 7.60. The van der Waals surface area contributed by atoms with E-state index in [0.29, 0.717) is 23.8 Å². The number of likely N-dealkylation sites (tertiary alicyclic amines) is 1. The number of fused-ring (bicyclic) bond motifs is 1. The zero-order valence-corrected chi connectivity index (χ0v) is 12.3. The Bertz CT molecular complexity index is 469. The molecule has 6 heteroatoms. The maximum Gasteiger partial charge on any atom is 0.488 e. The van der Waals surface area contributed by atoms with E-state index in [1.165, 1.54) is 0 Å². The highest BCUT2D eigenvalue weighted by molar-refractivity contribution is 6.58. The molecule has 4 nitrogen and oxygen atoms in total. The van der Waals surface area contributed by atoms with Gasteiger partial charge in [-0.2, -0.15) is 0 Å². The number of hydrogen-bond donors (Lipinski definition) is 2. The number of rotatable bonds is 4. The van der Waals surface area contributed by atoms with Crippen LogP contribution in [0.15, 0.2) is 24.3 Å². The first kappa shape index (κ1) is 14.8. The maximum atomic E-state index is 13.1. The third kappa shape index (κ3) is 3.22. The second-order valence-electron chi connectivity index (χ2n) is 6.39. The van der Waals surface area contributed by atoms with Gasteiger partial charge in [0.05, 0.1) is 0 Å². The van der Waals surface area contributed by atoms with Crippen LogP contribution >= 0.6 is 0 Å². The van der Waals surface area contributed by atoms with Crippen molar-refractivity contribution in [3.8, 4) is 0 Å². The van der Waals surface area contributed by atoms with E-state index in [9.17, 15) is 4.39 Å². The minimum atomic E-state index is -1.41. The summed E-state index contributed by atoms with van der Waals surface area (Å²) in [6.45, 7) is 6.16. The normalized spacial score (nSPS) is 27.0.